The Bertz CT molecular complexity index is 1260. The first-order valence-electron chi connectivity index (χ1n) is 14.1. The van der Waals surface area contributed by atoms with Crippen molar-refractivity contribution in [1.82, 2.24) is 20.9 Å². The van der Waals surface area contributed by atoms with Gasteiger partial charge in [0.2, 0.25) is 17.7 Å². The maximum atomic E-state index is 13.5. The smallest absolute Gasteiger partial charge is 0.326 e. The molecular formula is C30H39N5O6S. The molecule has 3 amide bonds. The Labute approximate surface area is 249 Å². The van der Waals surface area contributed by atoms with Crippen molar-refractivity contribution < 1.29 is 29.4 Å². The lowest BCUT2D eigenvalue weighted by Crippen LogP contribution is -2.58. The zero-order valence-electron chi connectivity index (χ0n) is 23.7. The molecule has 0 aliphatic carbocycles. The van der Waals surface area contributed by atoms with Crippen molar-refractivity contribution in [2.24, 2.45) is 11.7 Å². The number of carboxylic acid groups (broad SMARTS) is 1. The molecule has 2 heterocycles. The Morgan fingerprint density at radius 2 is 1.67 bits per heavy atom. The fourth-order valence-electron chi connectivity index (χ4n) is 5.30. The van der Waals surface area contributed by atoms with E-state index < -0.39 is 48.1 Å². The van der Waals surface area contributed by atoms with E-state index in [1.807, 2.05) is 44.2 Å². The van der Waals surface area contributed by atoms with Crippen LogP contribution in [-0.2, 0) is 32.0 Å². The third-order valence-electron chi connectivity index (χ3n) is 7.44. The monoisotopic (exact) mass is 597 g/mol. The van der Waals surface area contributed by atoms with Crippen molar-refractivity contribution in [3.63, 3.8) is 0 Å². The summed E-state index contributed by atoms with van der Waals surface area (Å²) in [6.45, 7) is 3.79. The average Bonchev–Trinajstić information content (AvgIpc) is 3.48. The molecule has 11 nitrogen and oxygen atoms in total. The lowest BCUT2D eigenvalue weighted by atomic mass is 10.0. The summed E-state index contributed by atoms with van der Waals surface area (Å²) in [5.41, 5.74) is 7.79. The van der Waals surface area contributed by atoms with E-state index in [1.54, 1.807) is 28.8 Å². The fraction of sp³-hybridized carbons (Fsp3) is 0.467. The van der Waals surface area contributed by atoms with Gasteiger partial charge in [-0.2, -0.15) is 0 Å². The van der Waals surface area contributed by atoms with E-state index in [-0.39, 0.29) is 29.4 Å². The van der Waals surface area contributed by atoms with E-state index in [0.29, 0.717) is 25.0 Å². The number of phenolic OH excluding ortho intramolecular Hbond substituents is 1. The highest BCUT2D eigenvalue weighted by atomic mass is 32.2. The van der Waals surface area contributed by atoms with Gasteiger partial charge in [-0.3, -0.25) is 19.7 Å². The molecule has 2 saturated heterocycles. The Morgan fingerprint density at radius 1 is 1.00 bits per heavy atom. The summed E-state index contributed by atoms with van der Waals surface area (Å²) in [4.78, 5) is 53.2. The predicted molar refractivity (Wildman–Crippen MR) is 159 cm³/mol. The van der Waals surface area contributed by atoms with Gasteiger partial charge in [-0.1, -0.05) is 56.3 Å². The van der Waals surface area contributed by atoms with Crippen molar-refractivity contribution >= 4 is 35.5 Å². The molecule has 0 saturated carbocycles. The lowest BCUT2D eigenvalue weighted by molar-refractivity contribution is -0.142. The molecule has 2 aliphatic heterocycles. The van der Waals surface area contributed by atoms with Gasteiger partial charge in [0.05, 0.1) is 23.6 Å². The van der Waals surface area contributed by atoms with Gasteiger partial charge in [-0.15, -0.1) is 11.8 Å². The van der Waals surface area contributed by atoms with Crippen LogP contribution in [0.15, 0.2) is 54.6 Å². The summed E-state index contributed by atoms with van der Waals surface area (Å²) in [6.07, 6.45) is 0.781. The number of thioether (sulfide) groups is 1. The third-order valence-corrected chi connectivity index (χ3v) is 8.75. The lowest BCUT2D eigenvalue weighted by Gasteiger charge is -2.30. The minimum absolute atomic E-state index is 0.0718. The van der Waals surface area contributed by atoms with Gasteiger partial charge in [-0.25, -0.2) is 4.79 Å². The number of aromatic hydroxyl groups is 1. The summed E-state index contributed by atoms with van der Waals surface area (Å²) >= 11 is 1.57. The number of carbonyl (C=O) groups is 4. The summed E-state index contributed by atoms with van der Waals surface area (Å²) in [5.74, 6) is -1.50. The molecule has 2 aliphatic rings. The van der Waals surface area contributed by atoms with Crippen LogP contribution in [0.5, 0.6) is 5.75 Å². The van der Waals surface area contributed by atoms with Crippen LogP contribution >= 0.6 is 11.8 Å². The van der Waals surface area contributed by atoms with Crippen LogP contribution in [0.3, 0.4) is 0 Å². The second-order valence-electron chi connectivity index (χ2n) is 11.3. The maximum absolute atomic E-state index is 13.5. The zero-order chi connectivity index (χ0) is 30.4. The number of carboxylic acids is 1. The Morgan fingerprint density at radius 3 is 2.31 bits per heavy atom. The molecule has 6 atom stereocenters. The number of hydrogen-bond donors (Lipinski definition) is 6. The van der Waals surface area contributed by atoms with E-state index in [4.69, 9.17) is 5.73 Å². The highest BCUT2D eigenvalue weighted by Crippen LogP contribution is 2.37. The van der Waals surface area contributed by atoms with E-state index in [2.05, 4.69) is 16.0 Å². The van der Waals surface area contributed by atoms with Crippen LogP contribution in [0.2, 0.25) is 0 Å². The minimum Gasteiger partial charge on any atom is -0.508 e. The number of fused-ring (bicyclic) bond motifs is 1. The van der Waals surface area contributed by atoms with E-state index in [1.165, 1.54) is 12.1 Å². The van der Waals surface area contributed by atoms with Gasteiger partial charge in [0.1, 0.15) is 17.8 Å². The molecule has 2 fully saturated rings. The molecule has 42 heavy (non-hydrogen) atoms. The SMILES string of the molecule is CC(C)C[C@H](NC(=O)[C@H](Cc1ccccc1)N[C@@H]1CS[C@H]2C[C@H](NC(=O)[C@@H](N)Cc3ccc(O)cc3)C(=O)N21)C(=O)O. The summed E-state index contributed by atoms with van der Waals surface area (Å²) in [7, 11) is 0. The number of aliphatic carboxylic acids is 1. The molecule has 0 unspecified atom stereocenters. The van der Waals surface area contributed by atoms with Gasteiger partial charge in [0.15, 0.2) is 0 Å². The molecule has 2 aromatic rings. The summed E-state index contributed by atoms with van der Waals surface area (Å²) in [5, 5.41) is 27.8. The molecule has 0 aromatic heterocycles. The number of nitrogens with two attached hydrogens (primary N) is 1. The molecule has 7 N–H and O–H groups in total. The van der Waals surface area contributed by atoms with Gasteiger partial charge >= 0.3 is 5.97 Å². The van der Waals surface area contributed by atoms with Gasteiger partial charge < -0.3 is 31.5 Å². The third kappa shape index (κ3) is 8.02. The Kier molecular flexibility index (Phi) is 10.5. The molecule has 226 valence electrons. The molecular weight excluding hydrogens is 558 g/mol. The summed E-state index contributed by atoms with van der Waals surface area (Å²) in [6, 6.07) is 12.4. The maximum Gasteiger partial charge on any atom is 0.326 e. The highest BCUT2D eigenvalue weighted by Gasteiger charge is 2.49. The second-order valence-corrected chi connectivity index (χ2v) is 12.5. The van der Waals surface area contributed by atoms with E-state index in [0.717, 1.165) is 11.1 Å². The van der Waals surface area contributed by atoms with Gasteiger partial charge in [0.25, 0.3) is 0 Å². The van der Waals surface area contributed by atoms with E-state index >= 15 is 0 Å². The molecule has 0 radical (unpaired) electrons. The van der Waals surface area contributed by atoms with Crippen LogP contribution in [0, 0.1) is 5.92 Å². The molecule has 12 heteroatoms. The number of hydrogen-bond acceptors (Lipinski definition) is 8. The number of amides is 3. The van der Waals surface area contributed by atoms with Crippen molar-refractivity contribution in [3.05, 3.63) is 65.7 Å². The number of nitrogens with zero attached hydrogens (tertiary/aromatic N) is 1. The number of carbonyl (C=O) groups excluding carboxylic acids is 3. The number of phenols is 1. The average molecular weight is 598 g/mol. The Hall–Kier alpha value is -3.61. The van der Waals surface area contributed by atoms with Crippen LogP contribution in [0.1, 0.15) is 37.8 Å². The number of nitrogens with one attached hydrogen (secondary N) is 3. The highest BCUT2D eigenvalue weighted by molar-refractivity contribution is 8.00. The molecule has 2 aromatic carbocycles. The van der Waals surface area contributed by atoms with Crippen molar-refractivity contribution in [2.75, 3.05) is 5.75 Å². The van der Waals surface area contributed by atoms with Crippen molar-refractivity contribution in [2.45, 2.75) is 75.2 Å². The van der Waals surface area contributed by atoms with Crippen LogP contribution < -0.4 is 21.7 Å². The minimum atomic E-state index is -1.09. The number of benzene rings is 2. The predicted octanol–water partition coefficient (Wildman–Crippen LogP) is 1.19. The van der Waals surface area contributed by atoms with Gasteiger partial charge in [-0.05, 0) is 48.4 Å². The van der Waals surface area contributed by atoms with Crippen LogP contribution in [0.25, 0.3) is 0 Å². The second kappa shape index (κ2) is 14.0. The molecule has 4 rings (SSSR count). The fourth-order valence-corrected chi connectivity index (χ4v) is 6.71. The van der Waals surface area contributed by atoms with Crippen molar-refractivity contribution in [3.8, 4) is 5.75 Å². The van der Waals surface area contributed by atoms with Crippen LogP contribution in [0.4, 0.5) is 0 Å². The molecule has 0 spiro atoms. The topological polar surface area (TPSA) is 174 Å². The largest absolute Gasteiger partial charge is 0.508 e. The zero-order valence-corrected chi connectivity index (χ0v) is 24.5. The van der Waals surface area contributed by atoms with Crippen molar-refractivity contribution in [1.29, 1.82) is 0 Å². The normalized spacial score (nSPS) is 22.0. The first-order chi connectivity index (χ1) is 20.0. The first-order valence-corrected chi connectivity index (χ1v) is 15.2. The first kappa shape index (κ1) is 31.3. The molecule has 0 bridgehead atoms. The number of rotatable bonds is 13. The van der Waals surface area contributed by atoms with E-state index in [9.17, 15) is 29.4 Å². The van der Waals surface area contributed by atoms with Crippen LogP contribution in [-0.4, -0.2) is 80.3 Å². The quantitative estimate of drug-likeness (QED) is 0.198. The standard InChI is InChI=1S/C30H39N5O6S/c1-17(2)12-24(30(40)41)34-28(38)22(14-18-6-4-3-5-7-18)32-25-16-42-26-15-23(29(39)35(25)26)33-27(37)21(31)13-19-8-10-20(36)11-9-19/h3-11,17,21-26,32,36H,12-16,31H2,1-2H3,(H,33,37)(H,34,38)(H,40,41)/t21-,22-,23-,24-,25-,26-/m0/s1. The summed E-state index contributed by atoms with van der Waals surface area (Å²) < 4.78 is 0. The Balaban J connectivity index is 1.42. The van der Waals surface area contributed by atoms with Gasteiger partial charge in [0, 0.05) is 12.2 Å².